The van der Waals surface area contributed by atoms with E-state index in [-0.39, 0.29) is 18.5 Å². The third-order valence-corrected chi connectivity index (χ3v) is 3.98. The first-order valence-corrected chi connectivity index (χ1v) is 8.30. The Hall–Kier alpha value is -2.41. The lowest BCUT2D eigenvalue weighted by Gasteiger charge is -2.18. The summed E-state index contributed by atoms with van der Waals surface area (Å²) in [6, 6.07) is 5.86. The summed E-state index contributed by atoms with van der Waals surface area (Å²) in [6.07, 6.45) is 0. The van der Waals surface area contributed by atoms with Crippen LogP contribution in [0.25, 0.3) is 0 Å². The van der Waals surface area contributed by atoms with E-state index in [1.165, 1.54) is 0 Å². The van der Waals surface area contributed by atoms with Gasteiger partial charge in [0.2, 0.25) is 5.91 Å². The van der Waals surface area contributed by atoms with Crippen LogP contribution in [0.15, 0.2) is 24.3 Å². The highest BCUT2D eigenvalue weighted by Gasteiger charge is 2.45. The third kappa shape index (κ3) is 4.36. The lowest BCUT2D eigenvalue weighted by atomic mass is 10.1. The Balaban J connectivity index is 2.00. The van der Waals surface area contributed by atoms with Crippen LogP contribution in [0.5, 0.6) is 0 Å². The summed E-state index contributed by atoms with van der Waals surface area (Å²) in [4.78, 5) is 49.8. The zero-order valence-corrected chi connectivity index (χ0v) is 15.0. The molecule has 0 aromatic heterocycles. The fourth-order valence-electron chi connectivity index (χ4n) is 2.48. The first-order chi connectivity index (χ1) is 11.7. The van der Waals surface area contributed by atoms with Crippen LogP contribution in [0.4, 0.5) is 4.79 Å². The third-order valence-electron chi connectivity index (χ3n) is 3.73. The van der Waals surface area contributed by atoms with Crippen LogP contribution in [0.2, 0.25) is 5.02 Å². The van der Waals surface area contributed by atoms with Crippen molar-refractivity contribution in [3.8, 4) is 0 Å². The lowest BCUT2D eigenvalue weighted by Crippen LogP contribution is -2.42. The first kappa shape index (κ1) is 18.9. The SMILES string of the molecule is CC(C)CN1C(=O)C(=O)N(CC(=O)N[C@H](C)c2ccc(Cl)cc2)C1=O. The number of halogens is 1. The molecule has 2 rings (SSSR count). The smallest absolute Gasteiger partial charge is 0.334 e. The van der Waals surface area contributed by atoms with E-state index in [0.717, 1.165) is 10.5 Å². The van der Waals surface area contributed by atoms with Gasteiger partial charge in [-0.05, 0) is 30.5 Å². The molecular formula is C17H20ClN3O4. The molecule has 1 heterocycles. The van der Waals surface area contributed by atoms with E-state index >= 15 is 0 Å². The molecule has 7 nitrogen and oxygen atoms in total. The Labute approximate surface area is 150 Å². The largest absolute Gasteiger partial charge is 0.348 e. The van der Waals surface area contributed by atoms with E-state index in [9.17, 15) is 19.2 Å². The zero-order chi connectivity index (χ0) is 18.7. The lowest BCUT2D eigenvalue weighted by molar-refractivity contribution is -0.144. The van der Waals surface area contributed by atoms with Gasteiger partial charge in [-0.3, -0.25) is 19.3 Å². The number of benzene rings is 1. The van der Waals surface area contributed by atoms with Gasteiger partial charge in [-0.25, -0.2) is 9.69 Å². The van der Waals surface area contributed by atoms with Crippen LogP contribution >= 0.6 is 11.6 Å². The first-order valence-electron chi connectivity index (χ1n) is 7.92. The van der Waals surface area contributed by atoms with Crippen LogP contribution in [-0.4, -0.2) is 46.6 Å². The minimum atomic E-state index is -0.972. The summed E-state index contributed by atoms with van der Waals surface area (Å²) in [5.41, 5.74) is 0.828. The van der Waals surface area contributed by atoms with Gasteiger partial charge in [0.25, 0.3) is 0 Å². The Morgan fingerprint density at radius 2 is 1.60 bits per heavy atom. The molecule has 1 aliphatic rings. The molecule has 0 saturated carbocycles. The number of imide groups is 2. The Kier molecular flexibility index (Phi) is 5.79. The Morgan fingerprint density at radius 1 is 1.04 bits per heavy atom. The molecule has 0 unspecified atom stereocenters. The van der Waals surface area contributed by atoms with Gasteiger partial charge in [-0.1, -0.05) is 37.6 Å². The average Bonchev–Trinajstić information content (AvgIpc) is 2.73. The van der Waals surface area contributed by atoms with Crippen molar-refractivity contribution in [2.45, 2.75) is 26.8 Å². The van der Waals surface area contributed by atoms with E-state index in [0.29, 0.717) is 9.92 Å². The summed E-state index contributed by atoms with van der Waals surface area (Å²) in [7, 11) is 0. The number of amides is 5. The van der Waals surface area contributed by atoms with Crippen LogP contribution in [-0.2, 0) is 14.4 Å². The number of rotatable bonds is 6. The summed E-state index contributed by atoms with van der Waals surface area (Å²) < 4.78 is 0. The topological polar surface area (TPSA) is 86.8 Å². The maximum absolute atomic E-state index is 12.2. The highest BCUT2D eigenvalue weighted by atomic mass is 35.5. The van der Waals surface area contributed by atoms with Crippen molar-refractivity contribution < 1.29 is 19.2 Å². The van der Waals surface area contributed by atoms with Crippen LogP contribution in [0.1, 0.15) is 32.4 Å². The molecule has 134 valence electrons. The zero-order valence-electron chi connectivity index (χ0n) is 14.3. The molecule has 0 bridgehead atoms. The Bertz CT molecular complexity index is 702. The molecule has 1 N–H and O–H groups in total. The molecule has 1 fully saturated rings. The quantitative estimate of drug-likeness (QED) is 0.616. The standard InChI is InChI=1S/C17H20ClN3O4/c1-10(2)8-20-15(23)16(24)21(17(20)25)9-14(22)19-11(3)12-4-6-13(18)7-5-12/h4-7,10-11H,8-9H2,1-3H3,(H,19,22)/t11-/m1/s1. The molecule has 1 saturated heterocycles. The fraction of sp³-hybridized carbons (Fsp3) is 0.412. The van der Waals surface area contributed by atoms with Gasteiger partial charge in [-0.2, -0.15) is 0 Å². The summed E-state index contributed by atoms with van der Waals surface area (Å²) in [5, 5.41) is 3.28. The van der Waals surface area contributed by atoms with Crippen molar-refractivity contribution in [3.05, 3.63) is 34.9 Å². The average molecular weight is 366 g/mol. The van der Waals surface area contributed by atoms with Crippen LogP contribution < -0.4 is 5.32 Å². The second-order valence-corrected chi connectivity index (χ2v) is 6.76. The molecule has 1 aliphatic heterocycles. The van der Waals surface area contributed by atoms with Crippen molar-refractivity contribution in [3.63, 3.8) is 0 Å². The van der Waals surface area contributed by atoms with E-state index in [4.69, 9.17) is 11.6 Å². The number of carbonyl (C=O) groups excluding carboxylic acids is 4. The van der Waals surface area contributed by atoms with Gasteiger partial charge in [0.1, 0.15) is 6.54 Å². The van der Waals surface area contributed by atoms with Gasteiger partial charge in [0.15, 0.2) is 0 Å². The molecule has 0 aliphatic carbocycles. The number of hydrogen-bond acceptors (Lipinski definition) is 4. The van der Waals surface area contributed by atoms with Gasteiger partial charge < -0.3 is 5.32 Å². The minimum Gasteiger partial charge on any atom is -0.348 e. The number of carbonyl (C=O) groups is 4. The van der Waals surface area contributed by atoms with Gasteiger partial charge in [-0.15, -0.1) is 0 Å². The molecule has 25 heavy (non-hydrogen) atoms. The second kappa shape index (κ2) is 7.65. The minimum absolute atomic E-state index is 0.0272. The molecule has 5 amide bonds. The fourth-order valence-corrected chi connectivity index (χ4v) is 2.61. The number of nitrogens with one attached hydrogen (secondary N) is 1. The predicted octanol–water partition coefficient (Wildman–Crippen LogP) is 1.96. The van der Waals surface area contributed by atoms with Crippen molar-refractivity contribution in [1.29, 1.82) is 0 Å². The van der Waals surface area contributed by atoms with Crippen molar-refractivity contribution in [2.24, 2.45) is 5.92 Å². The second-order valence-electron chi connectivity index (χ2n) is 6.32. The molecular weight excluding hydrogens is 346 g/mol. The molecule has 0 spiro atoms. The van der Waals surface area contributed by atoms with E-state index in [2.05, 4.69) is 5.32 Å². The van der Waals surface area contributed by atoms with Crippen molar-refractivity contribution >= 4 is 35.4 Å². The van der Waals surface area contributed by atoms with Gasteiger partial charge in [0.05, 0.1) is 6.04 Å². The molecule has 0 radical (unpaired) electrons. The van der Waals surface area contributed by atoms with E-state index in [1.54, 1.807) is 31.2 Å². The summed E-state index contributed by atoms with van der Waals surface area (Å²) in [5.74, 6) is -2.36. The van der Waals surface area contributed by atoms with E-state index in [1.807, 2.05) is 13.8 Å². The van der Waals surface area contributed by atoms with Crippen LogP contribution in [0, 0.1) is 5.92 Å². The highest BCUT2D eigenvalue weighted by molar-refractivity contribution is 6.45. The van der Waals surface area contributed by atoms with Gasteiger partial charge in [0, 0.05) is 11.6 Å². The van der Waals surface area contributed by atoms with Crippen molar-refractivity contribution in [1.82, 2.24) is 15.1 Å². The number of hydrogen-bond donors (Lipinski definition) is 1. The predicted molar refractivity (Wildman–Crippen MR) is 91.7 cm³/mol. The van der Waals surface area contributed by atoms with Crippen LogP contribution in [0.3, 0.4) is 0 Å². The van der Waals surface area contributed by atoms with Gasteiger partial charge >= 0.3 is 17.8 Å². The Morgan fingerprint density at radius 3 is 2.16 bits per heavy atom. The van der Waals surface area contributed by atoms with E-state index < -0.39 is 30.3 Å². The monoisotopic (exact) mass is 365 g/mol. The summed E-state index contributed by atoms with van der Waals surface area (Å²) >= 11 is 5.83. The number of urea groups is 1. The maximum atomic E-state index is 12.2. The molecule has 1 aromatic rings. The maximum Gasteiger partial charge on any atom is 0.334 e. The number of nitrogens with zero attached hydrogens (tertiary/aromatic N) is 2. The highest BCUT2D eigenvalue weighted by Crippen LogP contribution is 2.17. The molecule has 8 heteroatoms. The normalized spacial score (nSPS) is 16.0. The molecule has 1 aromatic carbocycles. The molecule has 1 atom stereocenters. The summed E-state index contributed by atoms with van der Waals surface area (Å²) in [6.45, 7) is 5.08. The van der Waals surface area contributed by atoms with Crippen molar-refractivity contribution in [2.75, 3.05) is 13.1 Å².